The van der Waals surface area contributed by atoms with E-state index in [0.29, 0.717) is 0 Å². The number of anilines is 3. The molecule has 0 radical (unpaired) electrons. The van der Waals surface area contributed by atoms with Gasteiger partial charge >= 0.3 is 0 Å². The first-order chi connectivity index (χ1) is 21.3. The van der Waals surface area contributed by atoms with E-state index in [1.807, 2.05) is 0 Å². The maximum absolute atomic E-state index is 5.12. The molecule has 0 fully saturated rings. The van der Waals surface area contributed by atoms with Crippen molar-refractivity contribution in [2.24, 2.45) is 0 Å². The summed E-state index contributed by atoms with van der Waals surface area (Å²) in [7, 11) is 0. The van der Waals surface area contributed by atoms with Gasteiger partial charge in [0.15, 0.2) is 0 Å². The van der Waals surface area contributed by atoms with E-state index in [-0.39, 0.29) is 0 Å². The third kappa shape index (κ3) is 4.25. The average molecular weight is 552 g/mol. The molecular formula is C40H29N3. The number of nitrogens with zero attached hydrogens (tertiary/aromatic N) is 3. The highest BCUT2D eigenvalue weighted by atomic mass is 15.1. The number of hydrogen-bond acceptors (Lipinski definition) is 2. The maximum Gasteiger partial charge on any atom is 0.145 e. The van der Waals surface area contributed by atoms with Gasteiger partial charge in [-0.05, 0) is 77.9 Å². The van der Waals surface area contributed by atoms with E-state index in [0.717, 1.165) is 45.2 Å². The minimum Gasteiger partial charge on any atom is -0.309 e. The lowest BCUT2D eigenvalue weighted by Crippen LogP contribution is -2.11. The summed E-state index contributed by atoms with van der Waals surface area (Å²) in [6.07, 6.45) is 0. The van der Waals surface area contributed by atoms with Crippen LogP contribution in [0.2, 0.25) is 0 Å². The first kappa shape index (κ1) is 25.1. The summed E-state index contributed by atoms with van der Waals surface area (Å²) in [5, 5.41) is 4.86. The van der Waals surface area contributed by atoms with Gasteiger partial charge in [0.2, 0.25) is 0 Å². The second-order valence-corrected chi connectivity index (χ2v) is 10.9. The molecule has 8 aromatic rings. The summed E-state index contributed by atoms with van der Waals surface area (Å²) in [4.78, 5) is 7.51. The molecule has 43 heavy (non-hydrogen) atoms. The Hall–Kier alpha value is -5.67. The van der Waals surface area contributed by atoms with Gasteiger partial charge in [-0.3, -0.25) is 4.57 Å². The Balaban J connectivity index is 1.33. The highest BCUT2D eigenvalue weighted by molar-refractivity contribution is 6.04. The minimum absolute atomic E-state index is 0.934. The predicted molar refractivity (Wildman–Crippen MR) is 181 cm³/mol. The Kier molecular flexibility index (Phi) is 6.01. The number of hydrogen-bond donors (Lipinski definition) is 0. The zero-order chi connectivity index (χ0) is 28.8. The molecule has 1 aromatic heterocycles. The van der Waals surface area contributed by atoms with Crippen LogP contribution in [0.3, 0.4) is 0 Å². The SMILES string of the molecule is Cc1ccccc1-n1c(-c2ccc(N(c3cccc4ccccc34)c3cccc4ccccc34)cc2)nc2ccccc21. The lowest BCUT2D eigenvalue weighted by atomic mass is 10.0. The van der Waals surface area contributed by atoms with Crippen molar-refractivity contribution in [1.29, 1.82) is 0 Å². The van der Waals surface area contributed by atoms with Crippen LogP contribution in [0.1, 0.15) is 5.56 Å². The molecule has 204 valence electrons. The largest absolute Gasteiger partial charge is 0.309 e. The second kappa shape index (κ2) is 10.3. The molecule has 0 amide bonds. The molecule has 3 nitrogen and oxygen atoms in total. The van der Waals surface area contributed by atoms with Crippen LogP contribution < -0.4 is 4.90 Å². The van der Waals surface area contributed by atoms with E-state index in [9.17, 15) is 0 Å². The summed E-state index contributed by atoms with van der Waals surface area (Å²) < 4.78 is 2.28. The Morgan fingerprint density at radius 1 is 0.512 bits per heavy atom. The number of aryl methyl sites for hydroxylation is 1. The molecule has 0 saturated heterocycles. The minimum atomic E-state index is 0.934. The van der Waals surface area contributed by atoms with Crippen molar-refractivity contribution in [3.63, 3.8) is 0 Å². The van der Waals surface area contributed by atoms with Crippen molar-refractivity contribution in [2.45, 2.75) is 6.92 Å². The molecule has 0 bridgehead atoms. The van der Waals surface area contributed by atoms with Crippen LogP contribution >= 0.6 is 0 Å². The van der Waals surface area contributed by atoms with Crippen molar-refractivity contribution in [3.8, 4) is 17.1 Å². The molecule has 0 N–H and O–H groups in total. The van der Waals surface area contributed by atoms with Gasteiger partial charge in [-0.25, -0.2) is 4.98 Å². The molecule has 0 saturated carbocycles. The van der Waals surface area contributed by atoms with Crippen molar-refractivity contribution < 1.29 is 0 Å². The van der Waals surface area contributed by atoms with Gasteiger partial charge in [-0.1, -0.05) is 103 Å². The van der Waals surface area contributed by atoms with Gasteiger partial charge in [0.25, 0.3) is 0 Å². The zero-order valence-electron chi connectivity index (χ0n) is 23.9. The summed E-state index contributed by atoms with van der Waals surface area (Å²) in [5.41, 5.74) is 8.89. The maximum atomic E-state index is 5.12. The molecule has 0 aliphatic heterocycles. The molecule has 0 aliphatic rings. The zero-order valence-corrected chi connectivity index (χ0v) is 23.9. The van der Waals surface area contributed by atoms with Crippen LogP contribution in [0.5, 0.6) is 0 Å². The third-order valence-corrected chi connectivity index (χ3v) is 8.32. The Morgan fingerprint density at radius 2 is 1.07 bits per heavy atom. The number of rotatable bonds is 5. The van der Waals surface area contributed by atoms with Crippen molar-refractivity contribution in [2.75, 3.05) is 4.90 Å². The fraction of sp³-hybridized carbons (Fsp3) is 0.0250. The molecule has 1 heterocycles. The quantitative estimate of drug-likeness (QED) is 0.212. The lowest BCUT2D eigenvalue weighted by Gasteiger charge is -2.28. The Bertz CT molecular complexity index is 2170. The van der Waals surface area contributed by atoms with Gasteiger partial charge in [0, 0.05) is 22.0 Å². The topological polar surface area (TPSA) is 21.1 Å². The summed E-state index contributed by atoms with van der Waals surface area (Å²) in [6, 6.07) is 56.0. The number of aromatic nitrogens is 2. The second-order valence-electron chi connectivity index (χ2n) is 10.9. The first-order valence-corrected chi connectivity index (χ1v) is 14.7. The molecular weight excluding hydrogens is 522 g/mol. The first-order valence-electron chi connectivity index (χ1n) is 14.7. The third-order valence-electron chi connectivity index (χ3n) is 8.32. The standard InChI is InChI=1S/C40H29N3/c1-28-12-2-8-20-36(28)43-39-21-9-7-19-35(39)41-40(43)31-24-26-32(27-25-31)42(37-22-10-15-29-13-3-5-17-33(29)37)38-23-11-16-30-14-4-6-18-34(30)38/h2-27H,1H3. The summed E-state index contributed by atoms with van der Waals surface area (Å²) >= 11 is 0. The van der Waals surface area contributed by atoms with Gasteiger partial charge < -0.3 is 4.90 Å². The van der Waals surface area contributed by atoms with E-state index in [4.69, 9.17) is 4.98 Å². The highest BCUT2D eigenvalue weighted by Gasteiger charge is 2.19. The summed E-state index contributed by atoms with van der Waals surface area (Å²) in [6.45, 7) is 2.16. The number of para-hydroxylation sites is 3. The van der Waals surface area contributed by atoms with E-state index < -0.39 is 0 Å². The normalized spacial score (nSPS) is 11.4. The van der Waals surface area contributed by atoms with Crippen molar-refractivity contribution in [3.05, 3.63) is 163 Å². The van der Waals surface area contributed by atoms with E-state index in [1.54, 1.807) is 0 Å². The summed E-state index contributed by atoms with van der Waals surface area (Å²) in [5.74, 6) is 0.934. The Labute approximate surface area is 250 Å². The highest BCUT2D eigenvalue weighted by Crippen LogP contribution is 2.42. The van der Waals surface area contributed by atoms with Gasteiger partial charge in [0.1, 0.15) is 5.82 Å². The number of imidazole rings is 1. The van der Waals surface area contributed by atoms with Crippen LogP contribution in [-0.2, 0) is 0 Å². The smallest absolute Gasteiger partial charge is 0.145 e. The van der Waals surface area contributed by atoms with Crippen LogP contribution in [0.25, 0.3) is 49.7 Å². The van der Waals surface area contributed by atoms with E-state index in [1.165, 1.54) is 27.1 Å². The lowest BCUT2D eigenvalue weighted by molar-refractivity contribution is 1.08. The number of fused-ring (bicyclic) bond motifs is 3. The molecule has 3 heteroatoms. The molecule has 8 rings (SSSR count). The van der Waals surface area contributed by atoms with Crippen molar-refractivity contribution in [1.82, 2.24) is 9.55 Å². The number of benzene rings is 7. The van der Waals surface area contributed by atoms with Crippen LogP contribution in [0.15, 0.2) is 158 Å². The van der Waals surface area contributed by atoms with Crippen LogP contribution in [0, 0.1) is 6.92 Å². The van der Waals surface area contributed by atoms with Gasteiger partial charge in [0.05, 0.1) is 28.1 Å². The van der Waals surface area contributed by atoms with Crippen LogP contribution in [0.4, 0.5) is 17.1 Å². The molecule has 7 aromatic carbocycles. The van der Waals surface area contributed by atoms with Gasteiger partial charge in [-0.15, -0.1) is 0 Å². The van der Waals surface area contributed by atoms with Crippen LogP contribution in [-0.4, -0.2) is 9.55 Å². The fourth-order valence-electron chi connectivity index (χ4n) is 6.25. The molecule has 0 aliphatic carbocycles. The van der Waals surface area contributed by atoms with Gasteiger partial charge in [-0.2, -0.15) is 0 Å². The predicted octanol–water partition coefficient (Wildman–Crippen LogP) is 10.8. The van der Waals surface area contributed by atoms with E-state index >= 15 is 0 Å². The molecule has 0 atom stereocenters. The Morgan fingerprint density at radius 3 is 1.74 bits per heavy atom. The van der Waals surface area contributed by atoms with Crippen molar-refractivity contribution >= 4 is 49.6 Å². The molecule has 0 unspecified atom stereocenters. The van der Waals surface area contributed by atoms with E-state index in [2.05, 4.69) is 174 Å². The monoisotopic (exact) mass is 551 g/mol. The average Bonchev–Trinajstić information content (AvgIpc) is 3.45. The fourth-order valence-corrected chi connectivity index (χ4v) is 6.25. The molecule has 0 spiro atoms.